The van der Waals surface area contributed by atoms with Gasteiger partial charge in [0.05, 0.1) is 16.6 Å². The van der Waals surface area contributed by atoms with Crippen molar-refractivity contribution in [3.05, 3.63) is 61.7 Å². The number of carbonyl (C=O) groups excluding carboxylic acids is 2. The van der Waals surface area contributed by atoms with Crippen LogP contribution in [-0.2, 0) is 11.3 Å². The Bertz CT molecular complexity index is 1140. The Kier molecular flexibility index (Phi) is 4.52. The van der Waals surface area contributed by atoms with Gasteiger partial charge in [-0.3, -0.25) is 14.4 Å². The quantitative estimate of drug-likeness (QED) is 0.499. The van der Waals surface area contributed by atoms with Crippen molar-refractivity contribution >= 4 is 51.0 Å². The van der Waals surface area contributed by atoms with E-state index in [1.807, 2.05) is 6.07 Å². The molecular weight excluding hydrogens is 463 g/mol. The zero-order valence-corrected chi connectivity index (χ0v) is 16.0. The summed E-state index contributed by atoms with van der Waals surface area (Å²) in [4.78, 5) is 42.7. The van der Waals surface area contributed by atoms with E-state index in [1.54, 1.807) is 30.3 Å². The molecule has 2 amide bonds. The van der Waals surface area contributed by atoms with Crippen LogP contribution in [0.15, 0.2) is 41.2 Å². The van der Waals surface area contributed by atoms with Crippen molar-refractivity contribution in [3.8, 4) is 5.75 Å². The average molecular weight is 476 g/mol. The van der Waals surface area contributed by atoms with Crippen molar-refractivity contribution in [3.63, 3.8) is 0 Å². The van der Waals surface area contributed by atoms with E-state index in [4.69, 9.17) is 4.74 Å². The molecule has 2 aromatic carbocycles. The lowest BCUT2D eigenvalue weighted by atomic mass is 10.1. The van der Waals surface area contributed by atoms with Gasteiger partial charge in [-0.2, -0.15) is 0 Å². The molecule has 3 aromatic rings. The highest BCUT2D eigenvalue weighted by atomic mass is 127. The van der Waals surface area contributed by atoms with Crippen molar-refractivity contribution in [1.82, 2.24) is 15.3 Å². The van der Waals surface area contributed by atoms with Gasteiger partial charge in [-0.05, 0) is 58.5 Å². The molecule has 27 heavy (non-hydrogen) atoms. The second-order valence-corrected chi connectivity index (χ2v) is 7.17. The zero-order chi connectivity index (χ0) is 19.0. The lowest BCUT2D eigenvalue weighted by Gasteiger charge is -2.18. The zero-order valence-electron chi connectivity index (χ0n) is 13.8. The number of ether oxygens (including phenoxy) is 1. The number of nitrogens with zero attached hydrogens (tertiary/aromatic N) is 1. The van der Waals surface area contributed by atoms with Gasteiger partial charge in [-0.1, -0.05) is 6.07 Å². The molecule has 0 aliphatic carbocycles. The van der Waals surface area contributed by atoms with E-state index in [1.165, 1.54) is 0 Å². The van der Waals surface area contributed by atoms with Gasteiger partial charge < -0.3 is 20.4 Å². The van der Waals surface area contributed by atoms with Gasteiger partial charge in [0.2, 0.25) is 0 Å². The Morgan fingerprint density at radius 1 is 1.22 bits per heavy atom. The Morgan fingerprint density at radius 2 is 2.07 bits per heavy atom. The number of fused-ring (bicyclic) bond motifs is 2. The van der Waals surface area contributed by atoms with E-state index in [-0.39, 0.29) is 30.4 Å². The molecule has 0 atom stereocenters. The molecule has 0 spiro atoms. The molecule has 4 rings (SSSR count). The maximum atomic E-state index is 12.4. The first-order valence-electron chi connectivity index (χ1n) is 8.03. The van der Waals surface area contributed by atoms with Crippen LogP contribution < -0.4 is 20.9 Å². The standard InChI is InChI=1S/C18H13IN4O4/c19-10-2-3-12-11(6-10)17(25)23-16(22-12)18(26)20-7-9-1-4-14-13(5-9)21-15(24)8-27-14/h1-6H,7-8H2,(H,20,26)(H,21,24)(H,22,23,25). The van der Waals surface area contributed by atoms with Gasteiger partial charge in [0.1, 0.15) is 5.75 Å². The topological polar surface area (TPSA) is 113 Å². The van der Waals surface area contributed by atoms with Crippen LogP contribution >= 0.6 is 22.6 Å². The summed E-state index contributed by atoms with van der Waals surface area (Å²) in [5.74, 6) is -0.190. The second-order valence-electron chi connectivity index (χ2n) is 5.93. The lowest BCUT2D eigenvalue weighted by molar-refractivity contribution is -0.118. The van der Waals surface area contributed by atoms with Crippen LogP contribution in [0, 0.1) is 3.57 Å². The molecule has 1 aliphatic heterocycles. The summed E-state index contributed by atoms with van der Waals surface area (Å²) in [6.07, 6.45) is 0. The largest absolute Gasteiger partial charge is 0.482 e. The van der Waals surface area contributed by atoms with Crippen LogP contribution in [0.4, 0.5) is 5.69 Å². The van der Waals surface area contributed by atoms with Crippen molar-refractivity contribution in [2.45, 2.75) is 6.54 Å². The summed E-state index contributed by atoms with van der Waals surface area (Å²) in [5.41, 5.74) is 1.42. The number of carbonyl (C=O) groups is 2. The predicted molar refractivity (Wildman–Crippen MR) is 107 cm³/mol. The maximum Gasteiger partial charge on any atom is 0.287 e. The fraction of sp³-hybridized carbons (Fsp3) is 0.111. The normalized spacial score (nSPS) is 12.9. The number of anilines is 1. The highest BCUT2D eigenvalue weighted by Gasteiger charge is 2.16. The monoisotopic (exact) mass is 476 g/mol. The van der Waals surface area contributed by atoms with Gasteiger partial charge in [0.25, 0.3) is 17.4 Å². The molecular formula is C18H13IN4O4. The maximum absolute atomic E-state index is 12.4. The van der Waals surface area contributed by atoms with Crippen molar-refractivity contribution in [1.29, 1.82) is 0 Å². The highest BCUT2D eigenvalue weighted by molar-refractivity contribution is 14.1. The van der Waals surface area contributed by atoms with Crippen LogP contribution in [0.5, 0.6) is 5.75 Å². The molecule has 0 saturated carbocycles. The number of aromatic nitrogens is 2. The Morgan fingerprint density at radius 3 is 2.93 bits per heavy atom. The lowest BCUT2D eigenvalue weighted by Crippen LogP contribution is -2.28. The number of nitrogens with one attached hydrogen (secondary N) is 3. The Labute approximate surface area is 166 Å². The molecule has 0 unspecified atom stereocenters. The number of amides is 2. The van der Waals surface area contributed by atoms with Crippen LogP contribution in [0.2, 0.25) is 0 Å². The SMILES string of the molecule is O=C1COc2ccc(CNC(=O)c3nc4ccc(I)cc4c(=O)[nH]3)cc2N1. The third-order valence-corrected chi connectivity index (χ3v) is 4.68. The van der Waals surface area contributed by atoms with E-state index < -0.39 is 5.91 Å². The molecule has 0 bridgehead atoms. The smallest absolute Gasteiger partial charge is 0.287 e. The molecule has 1 aromatic heterocycles. The molecule has 136 valence electrons. The Hall–Kier alpha value is -2.95. The highest BCUT2D eigenvalue weighted by Crippen LogP contribution is 2.28. The van der Waals surface area contributed by atoms with Gasteiger partial charge >= 0.3 is 0 Å². The number of benzene rings is 2. The molecule has 2 heterocycles. The summed E-state index contributed by atoms with van der Waals surface area (Å²) < 4.78 is 6.21. The predicted octanol–water partition coefficient (Wildman–Crippen LogP) is 1.79. The van der Waals surface area contributed by atoms with E-state index in [2.05, 4.69) is 43.2 Å². The third kappa shape index (κ3) is 3.63. The van der Waals surface area contributed by atoms with Gasteiger partial charge in [-0.25, -0.2) is 4.98 Å². The van der Waals surface area contributed by atoms with Crippen LogP contribution in [0.1, 0.15) is 16.2 Å². The minimum Gasteiger partial charge on any atom is -0.482 e. The minimum absolute atomic E-state index is 0.0108. The van der Waals surface area contributed by atoms with Gasteiger partial charge in [-0.15, -0.1) is 0 Å². The summed E-state index contributed by atoms with van der Waals surface area (Å²) in [7, 11) is 0. The fourth-order valence-corrected chi connectivity index (χ4v) is 3.22. The van der Waals surface area contributed by atoms with E-state index in [0.29, 0.717) is 22.3 Å². The van der Waals surface area contributed by atoms with Gasteiger partial charge in [0, 0.05) is 10.1 Å². The summed E-state index contributed by atoms with van der Waals surface area (Å²) in [6, 6.07) is 10.5. The first-order valence-corrected chi connectivity index (χ1v) is 9.11. The van der Waals surface area contributed by atoms with Crippen LogP contribution in [0.25, 0.3) is 10.9 Å². The van der Waals surface area contributed by atoms with Crippen LogP contribution in [-0.4, -0.2) is 28.4 Å². The van der Waals surface area contributed by atoms with E-state index in [0.717, 1.165) is 9.13 Å². The number of halogens is 1. The first-order chi connectivity index (χ1) is 13.0. The molecule has 0 saturated heterocycles. The first kappa shape index (κ1) is 17.5. The van der Waals surface area contributed by atoms with E-state index >= 15 is 0 Å². The van der Waals surface area contributed by atoms with Crippen molar-refractivity contribution < 1.29 is 14.3 Å². The molecule has 3 N–H and O–H groups in total. The number of rotatable bonds is 3. The minimum atomic E-state index is -0.495. The van der Waals surface area contributed by atoms with Crippen molar-refractivity contribution in [2.75, 3.05) is 11.9 Å². The Balaban J connectivity index is 1.52. The molecule has 1 aliphatic rings. The average Bonchev–Trinajstić information content (AvgIpc) is 2.66. The number of hydrogen-bond acceptors (Lipinski definition) is 5. The van der Waals surface area contributed by atoms with Gasteiger partial charge in [0.15, 0.2) is 12.4 Å². The van der Waals surface area contributed by atoms with Crippen molar-refractivity contribution in [2.24, 2.45) is 0 Å². The third-order valence-electron chi connectivity index (χ3n) is 4.01. The molecule has 0 fully saturated rings. The molecule has 9 heteroatoms. The summed E-state index contributed by atoms with van der Waals surface area (Å²) in [5, 5.41) is 5.86. The number of aromatic amines is 1. The summed E-state index contributed by atoms with van der Waals surface area (Å²) >= 11 is 2.11. The second kappa shape index (κ2) is 6.99. The van der Waals surface area contributed by atoms with Crippen LogP contribution in [0.3, 0.4) is 0 Å². The molecule has 8 nitrogen and oxygen atoms in total. The summed E-state index contributed by atoms with van der Waals surface area (Å²) in [6.45, 7) is 0.194. The number of hydrogen-bond donors (Lipinski definition) is 3. The molecule has 0 radical (unpaired) electrons. The van der Waals surface area contributed by atoms with E-state index in [9.17, 15) is 14.4 Å². The fourth-order valence-electron chi connectivity index (χ4n) is 2.72. The number of H-pyrrole nitrogens is 1.